The van der Waals surface area contributed by atoms with E-state index in [9.17, 15) is 24.3 Å². The molecule has 3 amide bonds. The number of amides is 3. The number of hydrogen-bond donors (Lipinski definition) is 3. The van der Waals surface area contributed by atoms with Gasteiger partial charge < -0.3 is 24.6 Å². The first-order chi connectivity index (χ1) is 15.7. The summed E-state index contributed by atoms with van der Waals surface area (Å²) in [5, 5.41) is 14.4. The minimum atomic E-state index is -1.75. The van der Waals surface area contributed by atoms with E-state index >= 15 is 0 Å². The summed E-state index contributed by atoms with van der Waals surface area (Å²) in [5.41, 5.74) is -0.867. The Bertz CT molecular complexity index is 831. The summed E-state index contributed by atoms with van der Waals surface area (Å²) in [7, 11) is 0. The number of nitrogens with zero attached hydrogens (tertiary/aromatic N) is 1. The van der Waals surface area contributed by atoms with Crippen LogP contribution in [0.15, 0.2) is 30.3 Å². The molecule has 190 valence electrons. The summed E-state index contributed by atoms with van der Waals surface area (Å²) >= 11 is 0. The van der Waals surface area contributed by atoms with Crippen molar-refractivity contribution in [2.24, 2.45) is 0 Å². The molecule has 0 radical (unpaired) electrons. The molecule has 1 unspecified atom stereocenters. The zero-order chi connectivity index (χ0) is 25.9. The van der Waals surface area contributed by atoms with Crippen LogP contribution in [0.25, 0.3) is 0 Å². The molecule has 0 bridgehead atoms. The van der Waals surface area contributed by atoms with Crippen molar-refractivity contribution in [3.8, 4) is 0 Å². The van der Waals surface area contributed by atoms with Gasteiger partial charge in [-0.25, -0.2) is 19.2 Å². The van der Waals surface area contributed by atoms with Gasteiger partial charge in [0.1, 0.15) is 17.8 Å². The van der Waals surface area contributed by atoms with E-state index in [1.54, 1.807) is 71.9 Å². The summed E-state index contributed by atoms with van der Waals surface area (Å²) in [4.78, 5) is 49.5. The number of rotatable bonds is 9. The molecule has 34 heavy (non-hydrogen) atoms. The van der Waals surface area contributed by atoms with Crippen LogP contribution in [-0.2, 0) is 25.6 Å². The quantitative estimate of drug-likeness (QED) is 0.276. The second kappa shape index (κ2) is 12.7. The maximum Gasteiger partial charge on any atom is 0.412 e. The SMILES string of the molecule is CC(C)(C)OC(=O)NCCCN(C(=O)OC(C)(C)C)C(NC(=O)OCc1ccccc1)C(=O)O. The molecule has 0 heterocycles. The standard InChI is InChI=1S/C23H35N3O8/c1-22(2,3)33-19(29)24-13-10-14-26(21(31)34-23(4,5)6)17(18(27)28)25-20(30)32-15-16-11-8-7-9-12-16/h7-9,11-12,17H,10,13-15H2,1-6H3,(H,24,29)(H,25,30)(H,27,28). The minimum Gasteiger partial charge on any atom is -0.478 e. The van der Waals surface area contributed by atoms with Gasteiger partial charge in [-0.1, -0.05) is 30.3 Å². The molecule has 11 nitrogen and oxygen atoms in total. The Labute approximate surface area is 199 Å². The highest BCUT2D eigenvalue weighted by Crippen LogP contribution is 2.13. The van der Waals surface area contributed by atoms with E-state index in [-0.39, 0.29) is 26.1 Å². The van der Waals surface area contributed by atoms with Crippen molar-refractivity contribution in [1.29, 1.82) is 0 Å². The molecule has 0 spiro atoms. The highest BCUT2D eigenvalue weighted by atomic mass is 16.6. The number of aliphatic carboxylic acids is 1. The van der Waals surface area contributed by atoms with Gasteiger partial charge in [0.25, 0.3) is 0 Å². The molecule has 3 N–H and O–H groups in total. The molecule has 1 aromatic carbocycles. The highest BCUT2D eigenvalue weighted by Gasteiger charge is 2.34. The summed E-state index contributed by atoms with van der Waals surface area (Å²) in [6, 6.07) is 8.83. The van der Waals surface area contributed by atoms with Gasteiger partial charge in [0, 0.05) is 13.1 Å². The van der Waals surface area contributed by atoms with Crippen molar-refractivity contribution in [3.05, 3.63) is 35.9 Å². The van der Waals surface area contributed by atoms with E-state index in [1.807, 2.05) is 0 Å². The number of nitrogens with one attached hydrogen (secondary N) is 2. The lowest BCUT2D eigenvalue weighted by atomic mass is 10.2. The Kier molecular flexibility index (Phi) is 10.6. The summed E-state index contributed by atoms with van der Waals surface area (Å²) in [6.07, 6.45) is -4.19. The topological polar surface area (TPSA) is 144 Å². The minimum absolute atomic E-state index is 0.0781. The normalized spacial score (nSPS) is 12.2. The second-order valence-corrected chi connectivity index (χ2v) is 9.40. The van der Waals surface area contributed by atoms with Gasteiger partial charge >= 0.3 is 24.2 Å². The average molecular weight is 482 g/mol. The second-order valence-electron chi connectivity index (χ2n) is 9.40. The van der Waals surface area contributed by atoms with Crippen molar-refractivity contribution in [3.63, 3.8) is 0 Å². The number of ether oxygens (including phenoxy) is 3. The first kappa shape index (κ1) is 28.5. The number of hydrogen-bond acceptors (Lipinski definition) is 7. The van der Waals surface area contributed by atoms with Crippen LogP contribution >= 0.6 is 0 Å². The fourth-order valence-corrected chi connectivity index (χ4v) is 2.55. The maximum atomic E-state index is 12.7. The highest BCUT2D eigenvalue weighted by molar-refractivity contribution is 5.83. The lowest BCUT2D eigenvalue weighted by molar-refractivity contribution is -0.144. The molecule has 0 fully saturated rings. The van der Waals surface area contributed by atoms with Crippen LogP contribution in [-0.4, -0.2) is 64.7 Å². The van der Waals surface area contributed by atoms with Crippen LogP contribution in [0.3, 0.4) is 0 Å². The van der Waals surface area contributed by atoms with Crippen LogP contribution in [0, 0.1) is 0 Å². The summed E-state index contributed by atoms with van der Waals surface area (Å²) in [5.74, 6) is -1.48. The van der Waals surface area contributed by atoms with Crippen molar-refractivity contribution in [1.82, 2.24) is 15.5 Å². The monoisotopic (exact) mass is 481 g/mol. The largest absolute Gasteiger partial charge is 0.478 e. The first-order valence-electron chi connectivity index (χ1n) is 10.8. The van der Waals surface area contributed by atoms with Crippen LogP contribution in [0.2, 0.25) is 0 Å². The van der Waals surface area contributed by atoms with E-state index in [4.69, 9.17) is 14.2 Å². The Morgan fingerprint density at radius 3 is 2.06 bits per heavy atom. The lowest BCUT2D eigenvalue weighted by Crippen LogP contribution is -2.56. The summed E-state index contributed by atoms with van der Waals surface area (Å²) in [6.45, 7) is 9.93. The number of carboxylic acid groups (broad SMARTS) is 1. The van der Waals surface area contributed by atoms with Crippen molar-refractivity contribution in [2.45, 2.75) is 71.9 Å². The van der Waals surface area contributed by atoms with Gasteiger partial charge in [0.15, 0.2) is 0 Å². The molecule has 1 rings (SSSR count). The van der Waals surface area contributed by atoms with E-state index in [0.717, 1.165) is 4.90 Å². The molecule has 1 atom stereocenters. The third kappa shape index (κ3) is 11.9. The van der Waals surface area contributed by atoms with Crippen molar-refractivity contribution in [2.75, 3.05) is 13.1 Å². The Balaban J connectivity index is 2.82. The van der Waals surface area contributed by atoms with Gasteiger partial charge in [-0.15, -0.1) is 0 Å². The fourth-order valence-electron chi connectivity index (χ4n) is 2.55. The lowest BCUT2D eigenvalue weighted by Gasteiger charge is -2.31. The fraction of sp³-hybridized carbons (Fsp3) is 0.565. The van der Waals surface area contributed by atoms with Gasteiger partial charge in [0.05, 0.1) is 0 Å². The van der Waals surface area contributed by atoms with Crippen LogP contribution < -0.4 is 10.6 Å². The predicted molar refractivity (Wildman–Crippen MR) is 123 cm³/mol. The molecule has 0 saturated heterocycles. The van der Waals surface area contributed by atoms with E-state index < -0.39 is 41.6 Å². The van der Waals surface area contributed by atoms with E-state index in [0.29, 0.717) is 5.56 Å². The molecule has 1 aromatic rings. The smallest absolute Gasteiger partial charge is 0.412 e. The Morgan fingerprint density at radius 2 is 1.53 bits per heavy atom. The average Bonchev–Trinajstić information content (AvgIpc) is 2.69. The Hall–Kier alpha value is -3.50. The van der Waals surface area contributed by atoms with Crippen molar-refractivity contribution < 1.29 is 38.5 Å². The number of benzene rings is 1. The number of carbonyl (C=O) groups excluding carboxylic acids is 3. The molecule has 0 aliphatic rings. The van der Waals surface area contributed by atoms with Gasteiger partial charge in [-0.3, -0.25) is 10.2 Å². The van der Waals surface area contributed by atoms with Gasteiger partial charge in [-0.05, 0) is 53.5 Å². The molecule has 0 aliphatic carbocycles. The Morgan fingerprint density at radius 1 is 0.941 bits per heavy atom. The van der Waals surface area contributed by atoms with E-state index in [2.05, 4.69) is 10.6 Å². The third-order valence-electron chi connectivity index (χ3n) is 3.88. The maximum absolute atomic E-state index is 12.7. The van der Waals surface area contributed by atoms with Crippen LogP contribution in [0.1, 0.15) is 53.5 Å². The van der Waals surface area contributed by atoms with Crippen LogP contribution in [0.5, 0.6) is 0 Å². The van der Waals surface area contributed by atoms with Gasteiger partial charge in [-0.2, -0.15) is 0 Å². The molecule has 0 aromatic heterocycles. The number of carboxylic acids is 1. The summed E-state index contributed by atoms with van der Waals surface area (Å²) < 4.78 is 15.5. The van der Waals surface area contributed by atoms with E-state index in [1.165, 1.54) is 0 Å². The zero-order valence-corrected chi connectivity index (χ0v) is 20.5. The molecule has 0 aliphatic heterocycles. The predicted octanol–water partition coefficient (Wildman–Crippen LogP) is 3.48. The molecule has 11 heteroatoms. The molecular formula is C23H35N3O8. The molecule has 0 saturated carbocycles. The number of alkyl carbamates (subject to hydrolysis) is 2. The zero-order valence-electron chi connectivity index (χ0n) is 20.5. The molecular weight excluding hydrogens is 446 g/mol. The first-order valence-corrected chi connectivity index (χ1v) is 10.8. The van der Waals surface area contributed by atoms with Crippen molar-refractivity contribution >= 4 is 24.2 Å². The van der Waals surface area contributed by atoms with Gasteiger partial charge in [0.2, 0.25) is 6.17 Å². The third-order valence-corrected chi connectivity index (χ3v) is 3.88. The van der Waals surface area contributed by atoms with Crippen LogP contribution in [0.4, 0.5) is 14.4 Å². The number of carbonyl (C=O) groups is 4.